The summed E-state index contributed by atoms with van der Waals surface area (Å²) < 4.78 is 29.9. The highest BCUT2D eigenvalue weighted by Gasteiger charge is 2.53. The predicted octanol–water partition coefficient (Wildman–Crippen LogP) is -7.45. The van der Waals surface area contributed by atoms with Crippen molar-refractivity contribution in [3.8, 4) is 0 Å². The Morgan fingerprint density at radius 1 is 0.881 bits per heavy atom. The van der Waals surface area contributed by atoms with E-state index in [0.717, 1.165) is 0 Å². The summed E-state index contributed by atoms with van der Waals surface area (Å²) in [5.41, 5.74) is 35.5. The lowest BCUT2D eigenvalue weighted by Crippen LogP contribution is -2.70. The van der Waals surface area contributed by atoms with Crippen molar-refractivity contribution in [2.45, 2.75) is 118 Å². The first-order valence-electron chi connectivity index (χ1n) is 14.2. The zero-order valence-corrected chi connectivity index (χ0v) is 23.6. The van der Waals surface area contributed by atoms with E-state index in [-0.39, 0.29) is 39.1 Å². The normalized spacial score (nSPS) is 45.4. The van der Waals surface area contributed by atoms with Gasteiger partial charge in [0.15, 0.2) is 12.6 Å². The van der Waals surface area contributed by atoms with E-state index in [1.54, 1.807) is 6.92 Å². The second-order valence-electron chi connectivity index (χ2n) is 11.0. The van der Waals surface area contributed by atoms with Gasteiger partial charge in [-0.3, -0.25) is 4.79 Å². The first-order valence-corrected chi connectivity index (χ1v) is 14.2. The van der Waals surface area contributed by atoms with E-state index < -0.39 is 104 Å². The lowest BCUT2D eigenvalue weighted by molar-refractivity contribution is -0.331. The Balaban J connectivity index is 1.95. The number of amides is 1. The molecule has 3 rings (SSSR count). The summed E-state index contributed by atoms with van der Waals surface area (Å²) in [6, 6.07) is -3.90. The fraction of sp³-hybridized carbons (Fsp3) is 0.958. The van der Waals surface area contributed by atoms with E-state index in [9.17, 15) is 30.3 Å². The van der Waals surface area contributed by atoms with Crippen molar-refractivity contribution in [1.82, 2.24) is 5.32 Å². The van der Waals surface area contributed by atoms with Gasteiger partial charge in [-0.05, 0) is 26.3 Å². The van der Waals surface area contributed by atoms with Crippen LogP contribution in [0.1, 0.15) is 19.8 Å². The fourth-order valence-corrected chi connectivity index (χ4v) is 5.42. The number of nitrogens with two attached hydrogens (primary N) is 6. The van der Waals surface area contributed by atoms with Gasteiger partial charge in [0, 0.05) is 19.1 Å². The van der Waals surface area contributed by atoms with Crippen molar-refractivity contribution in [1.29, 1.82) is 0 Å². The highest BCUT2D eigenvalue weighted by Crippen LogP contribution is 2.33. The smallest absolute Gasteiger partial charge is 0.249 e. The SMILES string of the molecule is C[C@H]1O[C@@H](O[C@@H]2[C@@H](OCCN)[C@H](NC(=O)[C@H](O)CCN)C[C@H](N)[C@H]2O[C@H]2O[C@H](CN)[C@@H](O)[C@H](O)[C@H]2N)[C@H](O)[C@@H](O)[C@@H]1N. The van der Waals surface area contributed by atoms with Gasteiger partial charge in [-0.2, -0.15) is 0 Å². The van der Waals surface area contributed by atoms with Gasteiger partial charge in [-0.1, -0.05) is 0 Å². The van der Waals surface area contributed by atoms with Crippen molar-refractivity contribution in [3.05, 3.63) is 0 Å². The molecule has 0 aromatic heterocycles. The van der Waals surface area contributed by atoms with E-state index in [1.165, 1.54) is 0 Å². The molecular formula is C24H49N7O11. The number of ether oxygens (including phenoxy) is 5. The number of aliphatic hydroxyl groups is 5. The van der Waals surface area contributed by atoms with Crippen LogP contribution in [0.3, 0.4) is 0 Å². The molecule has 246 valence electrons. The molecule has 1 amide bonds. The minimum atomic E-state index is -1.59. The highest BCUT2D eigenvalue weighted by molar-refractivity contribution is 5.80. The van der Waals surface area contributed by atoms with E-state index in [4.69, 9.17) is 58.1 Å². The van der Waals surface area contributed by atoms with E-state index in [2.05, 4.69) is 5.32 Å². The van der Waals surface area contributed by atoms with Crippen LogP contribution in [0.2, 0.25) is 0 Å². The maximum absolute atomic E-state index is 12.8. The minimum absolute atomic E-state index is 0.00177. The number of hydrogen-bond acceptors (Lipinski definition) is 17. The number of hydrogen-bond donors (Lipinski definition) is 12. The number of nitrogens with one attached hydrogen (secondary N) is 1. The molecule has 1 saturated carbocycles. The molecule has 18 N–H and O–H groups in total. The fourth-order valence-electron chi connectivity index (χ4n) is 5.42. The molecule has 0 spiro atoms. The van der Waals surface area contributed by atoms with Crippen LogP contribution in [-0.4, -0.2) is 155 Å². The molecule has 42 heavy (non-hydrogen) atoms. The van der Waals surface area contributed by atoms with Crippen LogP contribution in [-0.2, 0) is 28.5 Å². The molecule has 2 aliphatic heterocycles. The molecule has 3 aliphatic rings. The summed E-state index contributed by atoms with van der Waals surface area (Å²) in [5, 5.41) is 54.9. The molecule has 3 fully saturated rings. The molecule has 0 radical (unpaired) electrons. The Kier molecular flexibility index (Phi) is 13.2. The zero-order chi connectivity index (χ0) is 31.3. The first kappa shape index (κ1) is 35.3. The number of carbonyl (C=O) groups is 1. The van der Waals surface area contributed by atoms with Crippen molar-refractivity contribution in [2.75, 3.05) is 26.2 Å². The summed E-state index contributed by atoms with van der Waals surface area (Å²) >= 11 is 0. The molecule has 1 aliphatic carbocycles. The number of aliphatic hydroxyl groups excluding tert-OH is 5. The molecule has 0 aromatic rings. The van der Waals surface area contributed by atoms with Crippen LogP contribution in [0.15, 0.2) is 0 Å². The number of rotatable bonds is 12. The third-order valence-electron chi connectivity index (χ3n) is 7.97. The van der Waals surface area contributed by atoms with Gasteiger partial charge < -0.3 is 88.9 Å². The van der Waals surface area contributed by atoms with E-state index >= 15 is 0 Å². The summed E-state index contributed by atoms with van der Waals surface area (Å²) in [6.07, 6.45) is -15.1. The van der Waals surface area contributed by atoms with Gasteiger partial charge in [-0.25, -0.2) is 0 Å². The molecule has 18 nitrogen and oxygen atoms in total. The topological polar surface area (TPSA) is 333 Å². The van der Waals surface area contributed by atoms with Crippen LogP contribution in [0.25, 0.3) is 0 Å². The average molecular weight is 612 g/mol. The van der Waals surface area contributed by atoms with Crippen molar-refractivity contribution >= 4 is 5.91 Å². The van der Waals surface area contributed by atoms with Gasteiger partial charge in [0.05, 0.1) is 30.8 Å². The molecule has 2 heterocycles. The second-order valence-corrected chi connectivity index (χ2v) is 11.0. The molecule has 0 bridgehead atoms. The number of carbonyl (C=O) groups excluding carboxylic acids is 1. The minimum Gasteiger partial charge on any atom is -0.388 e. The van der Waals surface area contributed by atoms with Crippen molar-refractivity contribution in [3.63, 3.8) is 0 Å². The van der Waals surface area contributed by atoms with Gasteiger partial charge in [0.25, 0.3) is 0 Å². The summed E-state index contributed by atoms with van der Waals surface area (Å²) in [5.74, 6) is -0.721. The van der Waals surface area contributed by atoms with Gasteiger partial charge in [0.2, 0.25) is 5.91 Å². The predicted molar refractivity (Wildman–Crippen MR) is 145 cm³/mol. The van der Waals surface area contributed by atoms with Gasteiger partial charge in [-0.15, -0.1) is 0 Å². The Hall–Kier alpha value is -1.17. The lowest BCUT2D eigenvalue weighted by atomic mass is 9.83. The quantitative estimate of drug-likeness (QED) is 0.0974. The summed E-state index contributed by atoms with van der Waals surface area (Å²) in [4.78, 5) is 12.8. The summed E-state index contributed by atoms with van der Waals surface area (Å²) in [7, 11) is 0. The van der Waals surface area contributed by atoms with Crippen molar-refractivity contribution in [2.24, 2.45) is 34.4 Å². The Labute approximate surface area is 243 Å². The van der Waals surface area contributed by atoms with Crippen LogP contribution in [0.5, 0.6) is 0 Å². The maximum atomic E-state index is 12.8. The molecular weight excluding hydrogens is 562 g/mol. The highest BCUT2D eigenvalue weighted by atomic mass is 16.7. The van der Waals surface area contributed by atoms with Gasteiger partial charge >= 0.3 is 0 Å². The maximum Gasteiger partial charge on any atom is 0.249 e. The van der Waals surface area contributed by atoms with Crippen LogP contribution in [0, 0.1) is 0 Å². The third kappa shape index (κ3) is 7.91. The second kappa shape index (κ2) is 15.7. The standard InChI is InChI=1S/C24H49N7O11/c1-8-13(29)16(34)18(36)24(39-8)42-21-19(41-23-14(30)17(35)15(33)12(7-27)40-23)9(28)6-10(20(21)38-5-4-26)31-22(37)11(32)2-3-25/h8-21,23-24,32-36H,2-7,25-30H2,1H3,(H,31,37)/t8-,9+,10-,11-,12-,13-,14-,15-,16+,17-,18-,19-,20+,21+,23-,24+/m1/s1. The first-order chi connectivity index (χ1) is 19.9. The monoisotopic (exact) mass is 611 g/mol. The van der Waals surface area contributed by atoms with Crippen molar-refractivity contribution < 1.29 is 54.0 Å². The molecule has 18 heteroatoms. The van der Waals surface area contributed by atoms with Crippen LogP contribution < -0.4 is 39.7 Å². The molecule has 16 atom stereocenters. The third-order valence-corrected chi connectivity index (χ3v) is 7.97. The Morgan fingerprint density at radius 3 is 2.14 bits per heavy atom. The Bertz CT molecular complexity index is 851. The molecule has 0 unspecified atom stereocenters. The average Bonchev–Trinajstić information content (AvgIpc) is 2.96. The zero-order valence-electron chi connectivity index (χ0n) is 23.6. The van der Waals surface area contributed by atoms with E-state index in [1.807, 2.05) is 0 Å². The molecule has 0 aromatic carbocycles. The summed E-state index contributed by atoms with van der Waals surface area (Å²) in [6.45, 7) is 1.60. The molecule has 2 saturated heterocycles. The van der Waals surface area contributed by atoms with Gasteiger partial charge in [0.1, 0.15) is 54.9 Å². The largest absolute Gasteiger partial charge is 0.388 e. The van der Waals surface area contributed by atoms with E-state index in [0.29, 0.717) is 0 Å². The van der Waals surface area contributed by atoms with Crippen LogP contribution in [0.4, 0.5) is 0 Å². The Morgan fingerprint density at radius 2 is 1.52 bits per heavy atom. The lowest BCUT2D eigenvalue weighted by Gasteiger charge is -2.50. The van der Waals surface area contributed by atoms with Crippen LogP contribution >= 0.6 is 0 Å².